The molecule has 54 heavy (non-hydrogen) atoms. The van der Waals surface area contributed by atoms with Crippen LogP contribution in [-0.2, 0) is 33.4 Å². The van der Waals surface area contributed by atoms with E-state index < -0.39 is 46.7 Å². The molecule has 0 aromatic rings. The summed E-state index contributed by atoms with van der Waals surface area (Å²) >= 11 is 4.87. The van der Waals surface area contributed by atoms with E-state index in [1.54, 1.807) is 6.92 Å². The molecule has 2 unspecified atom stereocenters. The molecular weight excluding hydrogens is 861 g/mol. The summed E-state index contributed by atoms with van der Waals surface area (Å²) in [6, 6.07) is 0. The summed E-state index contributed by atoms with van der Waals surface area (Å²) in [6.07, 6.45) is 2.66. The second-order valence-corrected chi connectivity index (χ2v) is 17.7. The third-order valence-electron chi connectivity index (χ3n) is 12.2. The van der Waals surface area contributed by atoms with Gasteiger partial charge in [-0.2, -0.15) is 26.3 Å². The van der Waals surface area contributed by atoms with Crippen molar-refractivity contribution in [3.63, 3.8) is 0 Å². The lowest BCUT2D eigenvalue weighted by molar-refractivity contribution is -0.266. The minimum Gasteiger partial charge on any atom is -1.00 e. The number of halogens is 8. The van der Waals surface area contributed by atoms with Crippen LogP contribution in [0.15, 0.2) is 24.3 Å². The van der Waals surface area contributed by atoms with Crippen LogP contribution in [0.1, 0.15) is 105 Å². The Balaban J connectivity index is 0.000000252. The molecule has 16 heteroatoms. The maximum atomic E-state index is 13.5. The number of alkyl halides is 6. The molecule has 8 fully saturated rings. The van der Waals surface area contributed by atoms with E-state index in [9.17, 15) is 50.6 Å². The summed E-state index contributed by atoms with van der Waals surface area (Å²) < 4.78 is 92.7. The highest BCUT2D eigenvalue weighted by atomic mass is 127. The molecule has 8 saturated carbocycles. The lowest BCUT2D eigenvalue weighted by atomic mass is 9.50. The number of carbonyl (C=O) groups excluding carboxylic acids is 4. The van der Waals surface area contributed by atoms with Gasteiger partial charge in [-0.15, -0.1) is 0 Å². The number of rotatable bonds is 9. The topological polar surface area (TPSA) is 116 Å². The number of carbonyl (C=O) groups is 4. The van der Waals surface area contributed by atoms with Crippen LogP contribution in [0.5, 0.6) is 0 Å². The van der Waals surface area contributed by atoms with E-state index in [2.05, 4.69) is 17.9 Å². The first-order valence-electron chi connectivity index (χ1n) is 18.1. The van der Waals surface area contributed by atoms with Gasteiger partial charge < -0.3 is 43.3 Å². The van der Waals surface area contributed by atoms with Crippen molar-refractivity contribution in [2.75, 3.05) is 13.2 Å². The Hall–Kier alpha value is -1.88. The van der Waals surface area contributed by atoms with Gasteiger partial charge in [0.1, 0.15) is 0 Å². The molecule has 8 nitrogen and oxygen atoms in total. The van der Waals surface area contributed by atoms with Crippen molar-refractivity contribution in [1.82, 2.24) is 0 Å². The summed E-state index contributed by atoms with van der Waals surface area (Å²) in [6.45, 7) is 10.3. The van der Waals surface area contributed by atoms with Crippen LogP contribution in [-0.4, -0.2) is 65.0 Å². The van der Waals surface area contributed by atoms with Gasteiger partial charge in [-0.1, -0.05) is 13.2 Å². The van der Waals surface area contributed by atoms with Crippen LogP contribution in [0, 0.1) is 46.3 Å². The van der Waals surface area contributed by atoms with E-state index in [1.165, 1.54) is 45.4 Å². The smallest absolute Gasteiger partial charge is 0.439 e. The van der Waals surface area contributed by atoms with Gasteiger partial charge in [-0.25, -0.2) is 14.4 Å². The van der Waals surface area contributed by atoms with Crippen LogP contribution in [0.2, 0.25) is 0 Å². The minimum atomic E-state index is -5.07. The summed E-state index contributed by atoms with van der Waals surface area (Å²) in [5.41, 5.74) is -6.94. The molecule has 0 heterocycles. The van der Waals surface area contributed by atoms with E-state index in [0.29, 0.717) is 54.9 Å². The first-order chi connectivity index (χ1) is 24.2. The highest BCUT2D eigenvalue weighted by Crippen LogP contribution is 2.61. The van der Waals surface area contributed by atoms with Crippen LogP contribution < -0.4 is 24.0 Å². The van der Waals surface area contributed by atoms with E-state index in [0.717, 1.165) is 38.5 Å². The summed E-state index contributed by atoms with van der Waals surface area (Å²) in [4.78, 5) is 45.3. The predicted molar refractivity (Wildman–Crippen MR) is 181 cm³/mol. The minimum absolute atomic E-state index is 0. The van der Waals surface area contributed by atoms with Crippen molar-refractivity contribution in [3.8, 4) is 0 Å². The van der Waals surface area contributed by atoms with Crippen LogP contribution in [0.4, 0.5) is 26.3 Å². The largest absolute Gasteiger partial charge is 1.00 e. The average molecular weight is 912 g/mol. The SMILES string of the molecule is C=C(C)C(=O)Cl.C=C(C)C(=O)OC(C)(C(=O)OCC12CC3CC(CC(C3)C1)C2)C(F)(F)F.CC(O)(C(=O)OCC12CC3CC(CC(C3)C1)C2)C(F)(F)F.[I-]. The molecule has 1 N–H and O–H groups in total. The zero-order chi connectivity index (χ0) is 39.9. The Morgan fingerprint density at radius 2 is 0.944 bits per heavy atom. The number of hydrogen-bond acceptors (Lipinski definition) is 8. The fraction of sp³-hybridized carbons (Fsp3) is 0.789. The van der Waals surface area contributed by atoms with Crippen molar-refractivity contribution in [3.05, 3.63) is 24.3 Å². The number of aliphatic hydroxyl groups is 1. The first kappa shape index (κ1) is 46.5. The van der Waals surface area contributed by atoms with Gasteiger partial charge in [0.15, 0.2) is 0 Å². The molecule has 0 aliphatic heterocycles. The Kier molecular flexibility index (Phi) is 14.6. The fourth-order valence-electron chi connectivity index (χ4n) is 10.3. The van der Waals surface area contributed by atoms with E-state index in [1.807, 2.05) is 0 Å². The van der Waals surface area contributed by atoms with Crippen molar-refractivity contribution < 1.29 is 88.8 Å². The Morgan fingerprint density at radius 3 is 1.19 bits per heavy atom. The average Bonchev–Trinajstić information content (AvgIpc) is 3.00. The summed E-state index contributed by atoms with van der Waals surface area (Å²) in [5, 5.41) is 8.87. The van der Waals surface area contributed by atoms with Crippen LogP contribution in [0.3, 0.4) is 0 Å². The molecule has 0 amide bonds. The van der Waals surface area contributed by atoms with Gasteiger partial charge in [0, 0.05) is 22.0 Å². The van der Waals surface area contributed by atoms with Gasteiger partial charge in [0.05, 0.1) is 13.2 Å². The van der Waals surface area contributed by atoms with Crippen molar-refractivity contribution in [2.45, 2.75) is 128 Å². The monoisotopic (exact) mass is 911 g/mol. The summed E-state index contributed by atoms with van der Waals surface area (Å²) in [7, 11) is 0. The van der Waals surface area contributed by atoms with Crippen molar-refractivity contribution in [1.29, 1.82) is 0 Å². The molecule has 8 aliphatic rings. The Morgan fingerprint density at radius 1 is 0.648 bits per heavy atom. The van der Waals surface area contributed by atoms with E-state index in [4.69, 9.17) is 21.1 Å². The standard InChI is InChI=1S/C19H25F3O4.C15H21F3O3.C4H5ClO.HI/c1-11(2)15(23)26-17(3,19(20,21)22)16(24)25-10-18-7-12-4-13(8-18)6-14(5-12)9-18;1-13(20,15(16,17)18)12(19)21-8-14-5-9-2-10(6-14)4-11(3-9)7-14;1-3(2)4(5)6;/h12-14H,1,4-10H2,2-3H3;9-11,20H,2-8H2,1H3;1H2,2H3;1H/p-1. The molecule has 0 aromatic carbocycles. The van der Waals surface area contributed by atoms with Gasteiger partial charge in [-0.05, 0) is 152 Å². The molecule has 8 bridgehead atoms. The molecule has 0 aromatic heterocycles. The third-order valence-corrected chi connectivity index (χ3v) is 12.5. The molecule has 308 valence electrons. The quantitative estimate of drug-likeness (QED) is 0.0798. The zero-order valence-corrected chi connectivity index (χ0v) is 34.0. The molecule has 8 aliphatic carbocycles. The summed E-state index contributed by atoms with van der Waals surface area (Å²) in [5.74, 6) is -0.715. The normalized spacial score (nSPS) is 33.6. The number of hydrogen-bond donors (Lipinski definition) is 1. The lowest BCUT2D eigenvalue weighted by Gasteiger charge is -2.56. The first-order valence-corrected chi connectivity index (χ1v) is 18.5. The van der Waals surface area contributed by atoms with Crippen molar-refractivity contribution in [2.24, 2.45) is 46.3 Å². The van der Waals surface area contributed by atoms with E-state index >= 15 is 0 Å². The Labute approximate surface area is 334 Å². The molecule has 0 saturated heterocycles. The number of ether oxygens (including phenoxy) is 3. The highest BCUT2D eigenvalue weighted by molar-refractivity contribution is 6.67. The molecular formula is C38H51ClF6IO8-. The Bertz CT molecular complexity index is 1380. The highest BCUT2D eigenvalue weighted by Gasteiger charge is 2.63. The predicted octanol–water partition coefficient (Wildman–Crippen LogP) is 5.58. The van der Waals surface area contributed by atoms with Crippen LogP contribution >= 0.6 is 11.6 Å². The van der Waals surface area contributed by atoms with E-state index in [-0.39, 0.29) is 53.6 Å². The lowest BCUT2D eigenvalue weighted by Crippen LogP contribution is -3.00. The van der Waals surface area contributed by atoms with Gasteiger partial charge in [-0.3, -0.25) is 4.79 Å². The van der Waals surface area contributed by atoms with Gasteiger partial charge in [0.2, 0.25) is 5.24 Å². The number of esters is 3. The molecule has 0 radical (unpaired) electrons. The molecule has 8 rings (SSSR count). The molecule has 0 spiro atoms. The number of allylic oxidation sites excluding steroid dienone is 1. The van der Waals surface area contributed by atoms with Gasteiger partial charge >= 0.3 is 30.3 Å². The van der Waals surface area contributed by atoms with Gasteiger partial charge in [0.25, 0.3) is 11.2 Å². The second-order valence-electron chi connectivity index (χ2n) is 17.3. The van der Waals surface area contributed by atoms with Crippen molar-refractivity contribution >= 4 is 34.8 Å². The fourth-order valence-corrected chi connectivity index (χ4v) is 10.3. The zero-order valence-electron chi connectivity index (χ0n) is 31.1. The maximum Gasteiger partial charge on any atom is 0.439 e. The second kappa shape index (κ2) is 16.9. The third kappa shape index (κ3) is 10.5. The molecule has 2 atom stereocenters. The maximum absolute atomic E-state index is 13.5. The van der Waals surface area contributed by atoms with Crippen LogP contribution in [0.25, 0.3) is 0 Å².